The van der Waals surface area contributed by atoms with Gasteiger partial charge in [-0.1, -0.05) is 22.0 Å². The highest BCUT2D eigenvalue weighted by atomic mass is 79.9. The summed E-state index contributed by atoms with van der Waals surface area (Å²) in [7, 11) is 0. The van der Waals surface area contributed by atoms with Gasteiger partial charge in [-0.3, -0.25) is 0 Å². The van der Waals surface area contributed by atoms with Gasteiger partial charge in [0.05, 0.1) is 0 Å². The van der Waals surface area contributed by atoms with Crippen LogP contribution in [-0.2, 0) is 6.54 Å². The molecule has 0 aliphatic heterocycles. The zero-order valence-corrected chi connectivity index (χ0v) is 7.85. The standard InChI is InChI=1S/C8H10BrNO/c1-5-2-3-7(9)6(4-10)8(5)11/h2-3,11H,4,10H2,1H3. The lowest BCUT2D eigenvalue weighted by molar-refractivity contribution is 0.463. The summed E-state index contributed by atoms with van der Waals surface area (Å²) < 4.78 is 0.864. The highest BCUT2D eigenvalue weighted by Crippen LogP contribution is 2.28. The number of aryl methyl sites for hydroxylation is 1. The van der Waals surface area contributed by atoms with Crippen molar-refractivity contribution in [1.82, 2.24) is 0 Å². The third-order valence-corrected chi connectivity index (χ3v) is 2.37. The molecule has 0 heterocycles. The number of benzene rings is 1. The second-order valence-electron chi connectivity index (χ2n) is 2.40. The Kier molecular flexibility index (Phi) is 2.52. The van der Waals surface area contributed by atoms with E-state index in [9.17, 15) is 5.11 Å². The van der Waals surface area contributed by atoms with Gasteiger partial charge in [-0.2, -0.15) is 0 Å². The summed E-state index contributed by atoms with van der Waals surface area (Å²) in [6, 6.07) is 3.73. The van der Waals surface area contributed by atoms with Crippen molar-refractivity contribution >= 4 is 15.9 Å². The van der Waals surface area contributed by atoms with E-state index in [2.05, 4.69) is 15.9 Å². The number of aromatic hydroxyl groups is 1. The third-order valence-electron chi connectivity index (χ3n) is 1.63. The number of hydrogen-bond acceptors (Lipinski definition) is 2. The molecule has 11 heavy (non-hydrogen) atoms. The molecular weight excluding hydrogens is 206 g/mol. The molecule has 1 rings (SSSR count). The third kappa shape index (κ3) is 1.54. The quantitative estimate of drug-likeness (QED) is 0.753. The first-order chi connectivity index (χ1) is 5.16. The second-order valence-corrected chi connectivity index (χ2v) is 3.25. The Morgan fingerprint density at radius 1 is 1.55 bits per heavy atom. The number of rotatable bonds is 1. The van der Waals surface area contributed by atoms with Crippen molar-refractivity contribution in [3.05, 3.63) is 27.7 Å². The lowest BCUT2D eigenvalue weighted by Crippen LogP contribution is -1.98. The lowest BCUT2D eigenvalue weighted by Gasteiger charge is -2.06. The van der Waals surface area contributed by atoms with Crippen molar-refractivity contribution in [2.45, 2.75) is 13.5 Å². The van der Waals surface area contributed by atoms with Gasteiger partial charge >= 0.3 is 0 Å². The van der Waals surface area contributed by atoms with E-state index in [1.54, 1.807) is 0 Å². The van der Waals surface area contributed by atoms with Gasteiger partial charge in [0, 0.05) is 16.6 Å². The van der Waals surface area contributed by atoms with Crippen molar-refractivity contribution in [2.24, 2.45) is 5.73 Å². The highest BCUT2D eigenvalue weighted by Gasteiger charge is 2.05. The molecule has 1 aromatic rings. The molecule has 0 saturated heterocycles. The van der Waals surface area contributed by atoms with Crippen molar-refractivity contribution < 1.29 is 5.11 Å². The summed E-state index contributed by atoms with van der Waals surface area (Å²) in [5.74, 6) is 0.293. The summed E-state index contributed by atoms with van der Waals surface area (Å²) in [5, 5.41) is 9.47. The van der Waals surface area contributed by atoms with E-state index in [0.29, 0.717) is 12.3 Å². The van der Waals surface area contributed by atoms with Crippen LogP contribution in [0.3, 0.4) is 0 Å². The first-order valence-electron chi connectivity index (χ1n) is 3.34. The highest BCUT2D eigenvalue weighted by molar-refractivity contribution is 9.10. The van der Waals surface area contributed by atoms with Crippen LogP contribution < -0.4 is 5.73 Å². The van der Waals surface area contributed by atoms with Gasteiger partial charge in [0.15, 0.2) is 0 Å². The van der Waals surface area contributed by atoms with E-state index in [-0.39, 0.29) is 0 Å². The first-order valence-corrected chi connectivity index (χ1v) is 4.13. The van der Waals surface area contributed by atoms with Crippen LogP contribution >= 0.6 is 15.9 Å². The molecule has 2 nitrogen and oxygen atoms in total. The lowest BCUT2D eigenvalue weighted by atomic mass is 10.1. The van der Waals surface area contributed by atoms with E-state index in [4.69, 9.17) is 5.73 Å². The van der Waals surface area contributed by atoms with Crippen LogP contribution in [0.15, 0.2) is 16.6 Å². The Morgan fingerprint density at radius 3 is 2.64 bits per heavy atom. The second kappa shape index (κ2) is 3.24. The SMILES string of the molecule is Cc1ccc(Br)c(CN)c1O. The average Bonchev–Trinajstić information content (AvgIpc) is 1.99. The molecule has 0 atom stereocenters. The molecule has 1 aromatic carbocycles. The van der Waals surface area contributed by atoms with Gasteiger partial charge in [0.1, 0.15) is 5.75 Å². The molecule has 0 radical (unpaired) electrons. The van der Waals surface area contributed by atoms with Crippen LogP contribution in [0.4, 0.5) is 0 Å². The monoisotopic (exact) mass is 215 g/mol. The van der Waals surface area contributed by atoms with Crippen molar-refractivity contribution in [1.29, 1.82) is 0 Å². The van der Waals surface area contributed by atoms with Crippen LogP contribution in [0.1, 0.15) is 11.1 Å². The first kappa shape index (κ1) is 8.56. The van der Waals surface area contributed by atoms with Gasteiger partial charge in [-0.15, -0.1) is 0 Å². The van der Waals surface area contributed by atoms with E-state index in [1.807, 2.05) is 19.1 Å². The maximum absolute atomic E-state index is 9.47. The van der Waals surface area contributed by atoms with Crippen molar-refractivity contribution in [3.8, 4) is 5.75 Å². The molecule has 3 heteroatoms. The number of nitrogens with two attached hydrogens (primary N) is 1. The van der Waals surface area contributed by atoms with Crippen LogP contribution in [0, 0.1) is 6.92 Å². The number of hydrogen-bond donors (Lipinski definition) is 2. The predicted octanol–water partition coefficient (Wildman–Crippen LogP) is 1.92. The Bertz CT molecular complexity index is 273. The molecule has 60 valence electrons. The van der Waals surface area contributed by atoms with Crippen LogP contribution in [0.2, 0.25) is 0 Å². The Morgan fingerprint density at radius 2 is 2.18 bits per heavy atom. The summed E-state index contributed by atoms with van der Waals surface area (Å²) in [6.45, 7) is 2.20. The molecule has 0 spiro atoms. The zero-order valence-electron chi connectivity index (χ0n) is 6.26. The molecule has 0 aliphatic carbocycles. The fourth-order valence-corrected chi connectivity index (χ4v) is 1.40. The topological polar surface area (TPSA) is 46.2 Å². The molecule has 0 aliphatic rings. The smallest absolute Gasteiger partial charge is 0.124 e. The van der Waals surface area contributed by atoms with Crippen molar-refractivity contribution in [3.63, 3.8) is 0 Å². The largest absolute Gasteiger partial charge is 0.507 e. The maximum Gasteiger partial charge on any atom is 0.124 e. The van der Waals surface area contributed by atoms with Gasteiger partial charge in [0.25, 0.3) is 0 Å². The maximum atomic E-state index is 9.47. The van der Waals surface area contributed by atoms with Crippen LogP contribution in [-0.4, -0.2) is 5.11 Å². The Balaban J connectivity index is 3.29. The minimum atomic E-state index is 0.293. The van der Waals surface area contributed by atoms with E-state index < -0.39 is 0 Å². The molecule has 3 N–H and O–H groups in total. The summed E-state index contributed by atoms with van der Waals surface area (Å²) >= 11 is 3.30. The minimum Gasteiger partial charge on any atom is -0.507 e. The van der Waals surface area contributed by atoms with Gasteiger partial charge < -0.3 is 10.8 Å². The van der Waals surface area contributed by atoms with E-state index >= 15 is 0 Å². The molecule has 0 aromatic heterocycles. The molecule has 0 bridgehead atoms. The molecule has 0 amide bonds. The van der Waals surface area contributed by atoms with Gasteiger partial charge in [-0.25, -0.2) is 0 Å². The van der Waals surface area contributed by atoms with Crippen LogP contribution in [0.25, 0.3) is 0 Å². The predicted molar refractivity (Wildman–Crippen MR) is 48.4 cm³/mol. The molecule has 0 saturated carbocycles. The van der Waals surface area contributed by atoms with E-state index in [0.717, 1.165) is 15.6 Å². The minimum absolute atomic E-state index is 0.293. The fraction of sp³-hybridized carbons (Fsp3) is 0.250. The average molecular weight is 216 g/mol. The van der Waals surface area contributed by atoms with Gasteiger partial charge in [0.2, 0.25) is 0 Å². The Hall–Kier alpha value is -0.540. The number of phenolic OH excluding ortho intramolecular Hbond substituents is 1. The number of halogens is 1. The molecule has 0 fully saturated rings. The van der Waals surface area contributed by atoms with Gasteiger partial charge in [-0.05, 0) is 18.6 Å². The molecular formula is C8H10BrNO. The normalized spacial score (nSPS) is 10.1. The number of phenols is 1. The summed E-state index contributed by atoms with van der Waals surface area (Å²) in [5.41, 5.74) is 7.05. The molecule has 0 unspecified atom stereocenters. The Labute approximate surface area is 74.2 Å². The zero-order chi connectivity index (χ0) is 8.43. The van der Waals surface area contributed by atoms with E-state index in [1.165, 1.54) is 0 Å². The van der Waals surface area contributed by atoms with Crippen molar-refractivity contribution in [2.75, 3.05) is 0 Å². The summed E-state index contributed by atoms with van der Waals surface area (Å²) in [4.78, 5) is 0. The van der Waals surface area contributed by atoms with Crippen LogP contribution in [0.5, 0.6) is 5.75 Å². The summed E-state index contributed by atoms with van der Waals surface area (Å²) in [6.07, 6.45) is 0. The fourth-order valence-electron chi connectivity index (χ4n) is 0.923.